The number of benzene rings is 1. The summed E-state index contributed by atoms with van der Waals surface area (Å²) in [5.74, 6) is -1.32. The maximum absolute atomic E-state index is 13.1. The molecule has 0 aliphatic heterocycles. The van der Waals surface area contributed by atoms with Gasteiger partial charge in [-0.2, -0.15) is 0 Å². The Morgan fingerprint density at radius 1 is 1.53 bits per heavy atom. The number of hydrogen-bond acceptors (Lipinski definition) is 3. The van der Waals surface area contributed by atoms with E-state index < -0.39 is 11.8 Å². The number of aromatic nitrogens is 2. The van der Waals surface area contributed by atoms with Gasteiger partial charge in [-0.25, -0.2) is 14.2 Å². The zero-order chi connectivity index (χ0) is 12.3. The zero-order valence-electron chi connectivity index (χ0n) is 8.77. The van der Waals surface area contributed by atoms with Gasteiger partial charge in [0.25, 0.3) is 0 Å². The molecule has 0 spiro atoms. The fourth-order valence-corrected chi connectivity index (χ4v) is 1.38. The van der Waals surface area contributed by atoms with Crippen LogP contribution in [0.4, 0.5) is 10.1 Å². The Bertz CT molecular complexity index is 526. The highest BCUT2D eigenvalue weighted by Gasteiger charge is 2.10. The van der Waals surface area contributed by atoms with Crippen LogP contribution >= 0.6 is 0 Å². The summed E-state index contributed by atoms with van der Waals surface area (Å²) in [5, 5.41) is 11.7. The molecule has 17 heavy (non-hydrogen) atoms. The van der Waals surface area contributed by atoms with E-state index in [9.17, 15) is 9.18 Å². The minimum atomic E-state index is -1.29. The van der Waals surface area contributed by atoms with Gasteiger partial charge in [0.1, 0.15) is 11.6 Å². The number of imidazole rings is 1. The number of halogens is 1. The molecule has 0 aliphatic rings. The Hall–Kier alpha value is -2.37. The first-order valence-corrected chi connectivity index (χ1v) is 4.92. The SMILES string of the molecule is O=C(O)c1cc(NCc2ncc[nH]2)ccc1F. The van der Waals surface area contributed by atoms with Crippen LogP contribution in [0.5, 0.6) is 0 Å². The number of nitrogens with one attached hydrogen (secondary N) is 2. The summed E-state index contributed by atoms with van der Waals surface area (Å²) in [6.45, 7) is 0.414. The average Bonchev–Trinajstić information content (AvgIpc) is 2.80. The van der Waals surface area contributed by atoms with Crippen molar-refractivity contribution in [1.82, 2.24) is 9.97 Å². The van der Waals surface area contributed by atoms with Crippen molar-refractivity contribution in [3.63, 3.8) is 0 Å². The summed E-state index contributed by atoms with van der Waals surface area (Å²) >= 11 is 0. The fourth-order valence-electron chi connectivity index (χ4n) is 1.38. The summed E-state index contributed by atoms with van der Waals surface area (Å²) in [5.41, 5.74) is 0.176. The topological polar surface area (TPSA) is 78.0 Å². The third-order valence-electron chi connectivity index (χ3n) is 2.21. The van der Waals surface area contributed by atoms with Gasteiger partial charge in [0.15, 0.2) is 0 Å². The van der Waals surface area contributed by atoms with E-state index in [-0.39, 0.29) is 5.56 Å². The van der Waals surface area contributed by atoms with Gasteiger partial charge in [0.05, 0.1) is 12.1 Å². The van der Waals surface area contributed by atoms with Crippen molar-refractivity contribution >= 4 is 11.7 Å². The van der Waals surface area contributed by atoms with E-state index >= 15 is 0 Å². The molecule has 0 radical (unpaired) electrons. The summed E-state index contributed by atoms with van der Waals surface area (Å²) in [6, 6.07) is 3.85. The summed E-state index contributed by atoms with van der Waals surface area (Å²) in [7, 11) is 0. The number of carbonyl (C=O) groups is 1. The second-order valence-corrected chi connectivity index (χ2v) is 3.39. The van der Waals surface area contributed by atoms with Crippen LogP contribution in [0.3, 0.4) is 0 Å². The first kappa shape index (κ1) is 11.1. The van der Waals surface area contributed by atoms with Crippen molar-refractivity contribution in [2.45, 2.75) is 6.54 Å². The maximum Gasteiger partial charge on any atom is 0.338 e. The Morgan fingerprint density at radius 2 is 2.35 bits per heavy atom. The molecule has 1 heterocycles. The minimum absolute atomic E-state index is 0.352. The zero-order valence-corrected chi connectivity index (χ0v) is 8.77. The molecule has 1 aromatic carbocycles. The minimum Gasteiger partial charge on any atom is -0.478 e. The number of carboxylic acid groups (broad SMARTS) is 1. The van der Waals surface area contributed by atoms with E-state index in [2.05, 4.69) is 15.3 Å². The molecule has 88 valence electrons. The van der Waals surface area contributed by atoms with Crippen molar-refractivity contribution in [2.75, 3.05) is 5.32 Å². The Morgan fingerprint density at radius 3 is 3.00 bits per heavy atom. The second kappa shape index (κ2) is 4.65. The lowest BCUT2D eigenvalue weighted by atomic mass is 10.2. The van der Waals surface area contributed by atoms with Crippen LogP contribution in [0.15, 0.2) is 30.6 Å². The average molecular weight is 235 g/mol. The van der Waals surface area contributed by atoms with E-state index in [0.717, 1.165) is 6.07 Å². The first-order valence-electron chi connectivity index (χ1n) is 4.92. The van der Waals surface area contributed by atoms with Crippen LogP contribution in [-0.2, 0) is 6.54 Å². The van der Waals surface area contributed by atoms with Gasteiger partial charge >= 0.3 is 5.97 Å². The molecule has 2 rings (SSSR count). The van der Waals surface area contributed by atoms with Gasteiger partial charge in [-0.15, -0.1) is 0 Å². The largest absolute Gasteiger partial charge is 0.478 e. The molecule has 0 amide bonds. The standard InChI is InChI=1S/C11H10FN3O2/c12-9-2-1-7(5-8(9)11(16)17)15-6-10-13-3-4-14-10/h1-5,15H,6H2,(H,13,14)(H,16,17). The van der Waals surface area contributed by atoms with Crippen LogP contribution in [0, 0.1) is 5.82 Å². The lowest BCUT2D eigenvalue weighted by Crippen LogP contribution is -2.05. The van der Waals surface area contributed by atoms with Crippen molar-refractivity contribution < 1.29 is 14.3 Å². The maximum atomic E-state index is 13.1. The van der Waals surface area contributed by atoms with Crippen molar-refractivity contribution in [2.24, 2.45) is 0 Å². The van der Waals surface area contributed by atoms with Crippen LogP contribution < -0.4 is 5.32 Å². The van der Waals surface area contributed by atoms with Gasteiger partial charge < -0.3 is 15.4 Å². The van der Waals surface area contributed by atoms with Gasteiger partial charge in [0, 0.05) is 18.1 Å². The lowest BCUT2D eigenvalue weighted by molar-refractivity contribution is 0.0692. The summed E-state index contributed by atoms with van der Waals surface area (Å²) in [6.07, 6.45) is 3.30. The second-order valence-electron chi connectivity index (χ2n) is 3.39. The molecule has 0 saturated heterocycles. The molecule has 0 saturated carbocycles. The summed E-state index contributed by atoms with van der Waals surface area (Å²) < 4.78 is 13.1. The van der Waals surface area contributed by atoms with Gasteiger partial charge in [-0.1, -0.05) is 0 Å². The molecule has 0 aliphatic carbocycles. The highest BCUT2D eigenvalue weighted by molar-refractivity contribution is 5.89. The number of H-pyrrole nitrogens is 1. The lowest BCUT2D eigenvalue weighted by Gasteiger charge is -2.06. The summed E-state index contributed by atoms with van der Waals surface area (Å²) in [4.78, 5) is 17.6. The van der Waals surface area contributed by atoms with E-state index in [4.69, 9.17) is 5.11 Å². The van der Waals surface area contributed by atoms with Gasteiger partial charge in [0.2, 0.25) is 0 Å². The quantitative estimate of drug-likeness (QED) is 0.755. The molecule has 5 nitrogen and oxygen atoms in total. The van der Waals surface area contributed by atoms with Gasteiger partial charge in [-0.05, 0) is 18.2 Å². The molecule has 0 fully saturated rings. The highest BCUT2D eigenvalue weighted by Crippen LogP contribution is 2.15. The molecule has 3 N–H and O–H groups in total. The number of carboxylic acids is 1. The number of hydrogen-bond donors (Lipinski definition) is 3. The molecule has 1 aromatic heterocycles. The molecule has 2 aromatic rings. The van der Waals surface area contributed by atoms with E-state index in [1.807, 2.05) is 0 Å². The highest BCUT2D eigenvalue weighted by atomic mass is 19.1. The third-order valence-corrected chi connectivity index (χ3v) is 2.21. The first-order chi connectivity index (χ1) is 8.16. The normalized spacial score (nSPS) is 10.2. The smallest absolute Gasteiger partial charge is 0.338 e. The number of aromatic carboxylic acids is 1. The third kappa shape index (κ3) is 2.60. The monoisotopic (exact) mass is 235 g/mol. The van der Waals surface area contributed by atoms with Gasteiger partial charge in [-0.3, -0.25) is 0 Å². The van der Waals surface area contributed by atoms with Crippen molar-refractivity contribution in [3.8, 4) is 0 Å². The molecule has 0 unspecified atom stereocenters. The number of rotatable bonds is 4. The Kier molecular flexibility index (Phi) is 3.04. The Labute approximate surface area is 96.3 Å². The fraction of sp³-hybridized carbons (Fsp3) is 0.0909. The van der Waals surface area contributed by atoms with E-state index in [1.165, 1.54) is 12.1 Å². The van der Waals surface area contributed by atoms with E-state index in [1.54, 1.807) is 12.4 Å². The number of aromatic amines is 1. The number of nitrogens with zero attached hydrogens (tertiary/aromatic N) is 1. The van der Waals surface area contributed by atoms with Crippen molar-refractivity contribution in [3.05, 3.63) is 47.8 Å². The molecule has 6 heteroatoms. The van der Waals surface area contributed by atoms with Crippen LogP contribution in [0.25, 0.3) is 0 Å². The predicted molar refractivity (Wildman–Crippen MR) is 59.3 cm³/mol. The Balaban J connectivity index is 2.11. The molecule has 0 atom stereocenters. The van der Waals surface area contributed by atoms with E-state index in [0.29, 0.717) is 18.1 Å². The molecule has 0 bridgehead atoms. The van der Waals surface area contributed by atoms with Crippen LogP contribution in [-0.4, -0.2) is 21.0 Å². The van der Waals surface area contributed by atoms with Crippen molar-refractivity contribution in [1.29, 1.82) is 0 Å². The molecular formula is C11H10FN3O2. The molecular weight excluding hydrogens is 225 g/mol. The predicted octanol–water partition coefficient (Wildman–Crippen LogP) is 1.86. The van der Waals surface area contributed by atoms with Crippen LogP contribution in [0.2, 0.25) is 0 Å². The number of anilines is 1. The van der Waals surface area contributed by atoms with Crippen LogP contribution in [0.1, 0.15) is 16.2 Å².